The van der Waals surface area contributed by atoms with Crippen molar-refractivity contribution in [2.45, 2.75) is 19.3 Å². The molecule has 0 saturated carbocycles. The minimum Gasteiger partial charge on any atom is -0.384 e. The maximum absolute atomic E-state index is 5.22. The van der Waals surface area contributed by atoms with Crippen molar-refractivity contribution in [3.8, 4) is 0 Å². The van der Waals surface area contributed by atoms with Crippen LogP contribution >= 0.6 is 0 Å². The van der Waals surface area contributed by atoms with Gasteiger partial charge in [-0.3, -0.25) is 0 Å². The van der Waals surface area contributed by atoms with Crippen molar-refractivity contribution in [3.05, 3.63) is 0 Å². The van der Waals surface area contributed by atoms with E-state index in [1.807, 2.05) is 7.11 Å². The molecule has 0 aromatic rings. The molecule has 2 heterocycles. The molecule has 3 heteroatoms. The zero-order valence-electron chi connectivity index (χ0n) is 9.87. The van der Waals surface area contributed by atoms with E-state index in [2.05, 4.69) is 10.2 Å². The van der Waals surface area contributed by atoms with Crippen molar-refractivity contribution in [2.24, 2.45) is 11.8 Å². The average molecular weight is 212 g/mol. The molecule has 15 heavy (non-hydrogen) atoms. The standard InChI is InChI=1S/C12H24N2O/c1-15-10-12-4-7-14(9-12)6-3-11-2-5-13-8-11/h11-13H,2-10H2,1H3. The number of methoxy groups -OCH3 is 1. The summed E-state index contributed by atoms with van der Waals surface area (Å²) in [5, 5.41) is 3.44. The Balaban J connectivity index is 1.59. The third-order valence-corrected chi connectivity index (χ3v) is 3.79. The summed E-state index contributed by atoms with van der Waals surface area (Å²) in [5.74, 6) is 1.73. The number of likely N-dealkylation sites (tertiary alicyclic amines) is 1. The lowest BCUT2D eigenvalue weighted by Crippen LogP contribution is -2.25. The molecule has 2 fully saturated rings. The molecule has 0 aromatic carbocycles. The average Bonchev–Trinajstić information content (AvgIpc) is 2.85. The van der Waals surface area contributed by atoms with Crippen LogP contribution in [0.2, 0.25) is 0 Å². The van der Waals surface area contributed by atoms with Gasteiger partial charge in [-0.1, -0.05) is 0 Å². The summed E-state index contributed by atoms with van der Waals surface area (Å²) >= 11 is 0. The number of hydrogen-bond acceptors (Lipinski definition) is 3. The van der Waals surface area contributed by atoms with Gasteiger partial charge in [0, 0.05) is 13.7 Å². The fourth-order valence-corrected chi connectivity index (χ4v) is 2.81. The molecule has 2 saturated heterocycles. The van der Waals surface area contributed by atoms with Crippen LogP contribution in [0.25, 0.3) is 0 Å². The molecule has 0 bridgehead atoms. The first-order chi connectivity index (χ1) is 7.38. The Morgan fingerprint density at radius 1 is 1.33 bits per heavy atom. The van der Waals surface area contributed by atoms with Crippen LogP contribution in [0.1, 0.15) is 19.3 Å². The van der Waals surface area contributed by atoms with Crippen LogP contribution in [-0.2, 0) is 4.74 Å². The highest BCUT2D eigenvalue weighted by atomic mass is 16.5. The Morgan fingerprint density at radius 3 is 3.00 bits per heavy atom. The van der Waals surface area contributed by atoms with E-state index in [9.17, 15) is 0 Å². The second kappa shape index (κ2) is 5.83. The summed E-state index contributed by atoms with van der Waals surface area (Å²) in [7, 11) is 1.81. The minimum absolute atomic E-state index is 0.789. The van der Waals surface area contributed by atoms with Crippen molar-refractivity contribution >= 4 is 0 Å². The summed E-state index contributed by atoms with van der Waals surface area (Å²) in [5.41, 5.74) is 0. The minimum atomic E-state index is 0.789. The van der Waals surface area contributed by atoms with Crippen molar-refractivity contribution < 1.29 is 4.74 Å². The zero-order chi connectivity index (χ0) is 10.5. The number of hydrogen-bond donors (Lipinski definition) is 1. The van der Waals surface area contributed by atoms with Gasteiger partial charge in [0.05, 0.1) is 6.61 Å². The lowest BCUT2D eigenvalue weighted by Gasteiger charge is -2.17. The third kappa shape index (κ3) is 3.44. The predicted molar refractivity (Wildman–Crippen MR) is 62.0 cm³/mol. The van der Waals surface area contributed by atoms with Gasteiger partial charge in [0.15, 0.2) is 0 Å². The van der Waals surface area contributed by atoms with E-state index in [0.29, 0.717) is 0 Å². The molecule has 1 N–H and O–H groups in total. The highest BCUT2D eigenvalue weighted by Crippen LogP contribution is 2.19. The molecule has 0 spiro atoms. The first-order valence-electron chi connectivity index (χ1n) is 6.30. The van der Waals surface area contributed by atoms with Crippen LogP contribution in [0.5, 0.6) is 0 Å². The highest BCUT2D eigenvalue weighted by Gasteiger charge is 2.23. The second-order valence-corrected chi connectivity index (χ2v) is 5.06. The van der Waals surface area contributed by atoms with Crippen LogP contribution in [0, 0.1) is 11.8 Å². The summed E-state index contributed by atoms with van der Waals surface area (Å²) in [4.78, 5) is 2.61. The molecule has 0 aromatic heterocycles. The van der Waals surface area contributed by atoms with Crippen molar-refractivity contribution in [2.75, 3.05) is 46.4 Å². The van der Waals surface area contributed by atoms with Crippen LogP contribution < -0.4 is 5.32 Å². The fraction of sp³-hybridized carbons (Fsp3) is 1.00. The molecule has 2 unspecified atom stereocenters. The number of nitrogens with one attached hydrogen (secondary N) is 1. The van der Waals surface area contributed by atoms with Gasteiger partial charge in [0.25, 0.3) is 0 Å². The number of ether oxygens (including phenoxy) is 1. The normalized spacial score (nSPS) is 32.6. The molecule has 2 rings (SSSR count). The number of nitrogens with zero attached hydrogens (tertiary/aromatic N) is 1. The SMILES string of the molecule is COCC1CCN(CCC2CCNC2)C1. The third-order valence-electron chi connectivity index (χ3n) is 3.79. The van der Waals surface area contributed by atoms with E-state index in [1.165, 1.54) is 52.0 Å². The maximum Gasteiger partial charge on any atom is 0.0503 e. The Labute approximate surface area is 93.2 Å². The van der Waals surface area contributed by atoms with E-state index < -0.39 is 0 Å². The molecular formula is C12H24N2O. The van der Waals surface area contributed by atoms with Crippen LogP contribution in [0.3, 0.4) is 0 Å². The molecule has 88 valence electrons. The van der Waals surface area contributed by atoms with E-state index in [1.54, 1.807) is 0 Å². The topological polar surface area (TPSA) is 24.5 Å². The van der Waals surface area contributed by atoms with E-state index >= 15 is 0 Å². The zero-order valence-corrected chi connectivity index (χ0v) is 9.87. The van der Waals surface area contributed by atoms with E-state index in [-0.39, 0.29) is 0 Å². The summed E-state index contributed by atoms with van der Waals surface area (Å²) in [6, 6.07) is 0. The molecule has 0 aliphatic carbocycles. The Bertz CT molecular complexity index is 180. The van der Waals surface area contributed by atoms with Gasteiger partial charge in [-0.15, -0.1) is 0 Å². The summed E-state index contributed by atoms with van der Waals surface area (Å²) in [6.45, 7) is 7.27. The van der Waals surface area contributed by atoms with Crippen LogP contribution in [0.4, 0.5) is 0 Å². The first kappa shape index (κ1) is 11.4. The van der Waals surface area contributed by atoms with E-state index in [0.717, 1.165) is 18.4 Å². The molecular weight excluding hydrogens is 188 g/mol. The lowest BCUT2D eigenvalue weighted by molar-refractivity contribution is 0.152. The Morgan fingerprint density at radius 2 is 2.27 bits per heavy atom. The maximum atomic E-state index is 5.22. The van der Waals surface area contributed by atoms with Gasteiger partial charge in [0.1, 0.15) is 0 Å². The molecule has 3 nitrogen and oxygen atoms in total. The molecule has 2 aliphatic rings. The van der Waals surface area contributed by atoms with Crippen molar-refractivity contribution in [3.63, 3.8) is 0 Å². The second-order valence-electron chi connectivity index (χ2n) is 5.06. The van der Waals surface area contributed by atoms with Gasteiger partial charge >= 0.3 is 0 Å². The smallest absolute Gasteiger partial charge is 0.0503 e. The van der Waals surface area contributed by atoms with Gasteiger partial charge in [-0.25, -0.2) is 0 Å². The van der Waals surface area contributed by atoms with Gasteiger partial charge in [-0.05, 0) is 57.3 Å². The largest absolute Gasteiger partial charge is 0.384 e. The Kier molecular flexibility index (Phi) is 4.42. The number of rotatable bonds is 5. The molecule has 0 amide bonds. The molecule has 2 aliphatic heterocycles. The van der Waals surface area contributed by atoms with Crippen molar-refractivity contribution in [1.82, 2.24) is 10.2 Å². The van der Waals surface area contributed by atoms with E-state index in [4.69, 9.17) is 4.74 Å². The Hall–Kier alpha value is -0.120. The monoisotopic (exact) mass is 212 g/mol. The van der Waals surface area contributed by atoms with Gasteiger partial charge in [0.2, 0.25) is 0 Å². The quantitative estimate of drug-likeness (QED) is 0.734. The van der Waals surface area contributed by atoms with Crippen molar-refractivity contribution in [1.29, 1.82) is 0 Å². The summed E-state index contributed by atoms with van der Waals surface area (Å²) < 4.78 is 5.22. The molecule has 2 atom stereocenters. The predicted octanol–water partition coefficient (Wildman–Crippen LogP) is 0.954. The van der Waals surface area contributed by atoms with Crippen LogP contribution in [0.15, 0.2) is 0 Å². The fourth-order valence-electron chi connectivity index (χ4n) is 2.81. The van der Waals surface area contributed by atoms with Gasteiger partial charge in [-0.2, -0.15) is 0 Å². The first-order valence-corrected chi connectivity index (χ1v) is 6.30. The lowest BCUT2D eigenvalue weighted by atomic mass is 10.1. The molecule has 0 radical (unpaired) electrons. The van der Waals surface area contributed by atoms with Gasteiger partial charge < -0.3 is 15.0 Å². The van der Waals surface area contributed by atoms with Crippen LogP contribution in [-0.4, -0.2) is 51.3 Å². The summed E-state index contributed by atoms with van der Waals surface area (Å²) in [6.07, 6.45) is 4.10. The highest BCUT2D eigenvalue weighted by molar-refractivity contribution is 4.78.